The van der Waals surface area contributed by atoms with E-state index in [1.807, 2.05) is 0 Å². The molecule has 116 valence electrons. The molecule has 2 rings (SSSR count). The zero-order valence-corrected chi connectivity index (χ0v) is 13.0. The summed E-state index contributed by atoms with van der Waals surface area (Å²) in [5, 5.41) is 12.4. The molecule has 1 aromatic heterocycles. The van der Waals surface area contributed by atoms with Crippen molar-refractivity contribution in [2.75, 3.05) is 5.32 Å². The normalized spacial score (nSPS) is 21.0. The number of anilines is 1. The number of hydrogen-bond donors (Lipinski definition) is 2. The number of rotatable bonds is 3. The van der Waals surface area contributed by atoms with Gasteiger partial charge in [0.15, 0.2) is 0 Å². The van der Waals surface area contributed by atoms with E-state index in [9.17, 15) is 14.3 Å². The molecule has 1 saturated carbocycles. The molecule has 1 aliphatic rings. The van der Waals surface area contributed by atoms with Crippen LogP contribution in [0.3, 0.4) is 0 Å². The SMILES string of the molecule is CC1(C)CC(Nc2ncc(F)cc2C(=O)O)CC(C)(C)C1. The van der Waals surface area contributed by atoms with Gasteiger partial charge < -0.3 is 10.4 Å². The monoisotopic (exact) mass is 294 g/mol. The van der Waals surface area contributed by atoms with Gasteiger partial charge in [-0.15, -0.1) is 0 Å². The Bertz CT molecular complexity index is 539. The molecule has 0 aliphatic heterocycles. The van der Waals surface area contributed by atoms with Crippen molar-refractivity contribution in [1.82, 2.24) is 4.98 Å². The summed E-state index contributed by atoms with van der Waals surface area (Å²) in [5.41, 5.74) is 0.252. The van der Waals surface area contributed by atoms with Crippen LogP contribution in [0.15, 0.2) is 12.3 Å². The van der Waals surface area contributed by atoms with E-state index in [0.29, 0.717) is 0 Å². The lowest BCUT2D eigenvalue weighted by molar-refractivity contribution is 0.0696. The molecule has 1 aromatic rings. The van der Waals surface area contributed by atoms with Crippen LogP contribution in [0.2, 0.25) is 0 Å². The van der Waals surface area contributed by atoms with Crippen molar-refractivity contribution in [2.45, 2.75) is 53.0 Å². The number of hydrogen-bond acceptors (Lipinski definition) is 3. The van der Waals surface area contributed by atoms with E-state index < -0.39 is 11.8 Å². The lowest BCUT2D eigenvalue weighted by atomic mass is 9.63. The smallest absolute Gasteiger partial charge is 0.339 e. The number of aromatic carboxylic acids is 1. The molecule has 0 bridgehead atoms. The van der Waals surface area contributed by atoms with E-state index >= 15 is 0 Å². The lowest BCUT2D eigenvalue weighted by Crippen LogP contribution is -2.40. The number of carboxylic acids is 1. The molecule has 0 radical (unpaired) electrons. The second-order valence-electron chi connectivity index (χ2n) is 7.61. The van der Waals surface area contributed by atoms with Crippen LogP contribution in [-0.4, -0.2) is 22.1 Å². The van der Waals surface area contributed by atoms with Crippen molar-refractivity contribution in [1.29, 1.82) is 0 Å². The summed E-state index contributed by atoms with van der Waals surface area (Å²) < 4.78 is 13.2. The van der Waals surface area contributed by atoms with Crippen LogP contribution >= 0.6 is 0 Å². The summed E-state index contributed by atoms with van der Waals surface area (Å²) in [4.78, 5) is 15.1. The van der Waals surface area contributed by atoms with Crippen LogP contribution in [0.5, 0.6) is 0 Å². The second kappa shape index (κ2) is 5.28. The molecule has 1 heterocycles. The van der Waals surface area contributed by atoms with E-state index in [1.54, 1.807) is 0 Å². The zero-order chi connectivity index (χ0) is 15.8. The fourth-order valence-corrected chi connectivity index (χ4v) is 3.86. The number of pyridine rings is 1. The first kappa shape index (κ1) is 15.7. The summed E-state index contributed by atoms with van der Waals surface area (Å²) in [6.45, 7) is 8.88. The van der Waals surface area contributed by atoms with Crippen LogP contribution in [-0.2, 0) is 0 Å². The van der Waals surface area contributed by atoms with Crippen molar-refractivity contribution in [3.8, 4) is 0 Å². The molecule has 0 amide bonds. The summed E-state index contributed by atoms with van der Waals surface area (Å²) in [6, 6.07) is 1.15. The molecule has 5 heteroatoms. The predicted octanol–water partition coefficient (Wildman–Crippen LogP) is 3.94. The average Bonchev–Trinajstić information content (AvgIpc) is 2.27. The van der Waals surface area contributed by atoms with Gasteiger partial charge in [0.2, 0.25) is 0 Å². The van der Waals surface area contributed by atoms with Crippen LogP contribution in [0, 0.1) is 16.6 Å². The minimum atomic E-state index is -1.17. The molecule has 0 unspecified atom stereocenters. The number of halogens is 1. The van der Waals surface area contributed by atoms with Crippen LogP contribution in [0.1, 0.15) is 57.3 Å². The maximum atomic E-state index is 13.2. The maximum Gasteiger partial charge on any atom is 0.339 e. The van der Waals surface area contributed by atoms with Gasteiger partial charge in [-0.2, -0.15) is 0 Å². The molecule has 1 fully saturated rings. The topological polar surface area (TPSA) is 62.2 Å². The first-order chi connectivity index (χ1) is 9.58. The molecular formula is C16H23FN2O2. The summed E-state index contributed by atoms with van der Waals surface area (Å²) >= 11 is 0. The van der Waals surface area contributed by atoms with Gasteiger partial charge in [-0.1, -0.05) is 27.7 Å². The quantitative estimate of drug-likeness (QED) is 0.886. The van der Waals surface area contributed by atoms with Gasteiger partial charge in [-0.3, -0.25) is 0 Å². The fraction of sp³-hybridized carbons (Fsp3) is 0.625. The van der Waals surface area contributed by atoms with Crippen molar-refractivity contribution in [2.24, 2.45) is 10.8 Å². The van der Waals surface area contributed by atoms with E-state index in [-0.39, 0.29) is 28.3 Å². The standard InChI is InChI=1S/C16H23FN2O2/c1-15(2)6-11(7-16(3,4)9-15)19-13-12(14(20)21)5-10(17)8-18-13/h5,8,11H,6-7,9H2,1-4H3,(H,18,19)(H,20,21). The van der Waals surface area contributed by atoms with E-state index in [0.717, 1.165) is 31.5 Å². The maximum absolute atomic E-state index is 13.2. The summed E-state index contributed by atoms with van der Waals surface area (Å²) in [5.74, 6) is -1.55. The Labute approximate surface area is 124 Å². The average molecular weight is 294 g/mol. The van der Waals surface area contributed by atoms with Crippen LogP contribution < -0.4 is 5.32 Å². The number of carbonyl (C=O) groups is 1. The van der Waals surface area contributed by atoms with Crippen molar-refractivity contribution >= 4 is 11.8 Å². The Morgan fingerprint density at radius 1 is 1.33 bits per heavy atom. The molecule has 2 N–H and O–H groups in total. The van der Waals surface area contributed by atoms with Crippen LogP contribution in [0.25, 0.3) is 0 Å². The third-order valence-electron chi connectivity index (χ3n) is 3.98. The number of aromatic nitrogens is 1. The Balaban J connectivity index is 2.24. The number of carboxylic acid groups (broad SMARTS) is 1. The number of nitrogens with zero attached hydrogens (tertiary/aromatic N) is 1. The lowest BCUT2D eigenvalue weighted by Gasteiger charge is -2.45. The molecule has 1 aliphatic carbocycles. The van der Waals surface area contributed by atoms with Gasteiger partial charge in [-0.05, 0) is 36.2 Å². The van der Waals surface area contributed by atoms with Gasteiger partial charge >= 0.3 is 5.97 Å². The van der Waals surface area contributed by atoms with Gasteiger partial charge in [-0.25, -0.2) is 14.2 Å². The molecule has 4 nitrogen and oxygen atoms in total. The van der Waals surface area contributed by atoms with Gasteiger partial charge in [0.1, 0.15) is 17.2 Å². The largest absolute Gasteiger partial charge is 0.478 e. The third kappa shape index (κ3) is 3.93. The minimum Gasteiger partial charge on any atom is -0.478 e. The highest BCUT2D eigenvalue weighted by atomic mass is 19.1. The fourth-order valence-electron chi connectivity index (χ4n) is 3.86. The van der Waals surface area contributed by atoms with E-state index in [1.165, 1.54) is 0 Å². The molecule has 0 spiro atoms. The first-order valence-corrected chi connectivity index (χ1v) is 7.23. The highest BCUT2D eigenvalue weighted by molar-refractivity contribution is 5.93. The number of nitrogens with one attached hydrogen (secondary N) is 1. The molecule has 0 saturated heterocycles. The molecule has 0 aromatic carbocycles. The highest BCUT2D eigenvalue weighted by Gasteiger charge is 2.38. The van der Waals surface area contributed by atoms with E-state index in [4.69, 9.17) is 0 Å². The Morgan fingerprint density at radius 2 is 1.90 bits per heavy atom. The molecule has 0 atom stereocenters. The summed E-state index contributed by atoms with van der Waals surface area (Å²) in [6.07, 6.45) is 4.05. The molecular weight excluding hydrogens is 271 g/mol. The van der Waals surface area contributed by atoms with Gasteiger partial charge in [0.05, 0.1) is 6.20 Å². The highest BCUT2D eigenvalue weighted by Crippen LogP contribution is 2.46. The Morgan fingerprint density at radius 3 is 2.43 bits per heavy atom. The second-order valence-corrected chi connectivity index (χ2v) is 7.61. The minimum absolute atomic E-state index is 0.115. The predicted molar refractivity (Wildman–Crippen MR) is 80.0 cm³/mol. The van der Waals surface area contributed by atoms with Crippen molar-refractivity contribution in [3.05, 3.63) is 23.6 Å². The zero-order valence-electron chi connectivity index (χ0n) is 13.0. The van der Waals surface area contributed by atoms with Crippen molar-refractivity contribution < 1.29 is 14.3 Å². The van der Waals surface area contributed by atoms with Gasteiger partial charge in [0.25, 0.3) is 0 Å². The Kier molecular flexibility index (Phi) is 3.95. The first-order valence-electron chi connectivity index (χ1n) is 7.23. The third-order valence-corrected chi connectivity index (χ3v) is 3.98. The van der Waals surface area contributed by atoms with Gasteiger partial charge in [0, 0.05) is 6.04 Å². The van der Waals surface area contributed by atoms with E-state index in [2.05, 4.69) is 38.0 Å². The molecule has 21 heavy (non-hydrogen) atoms. The van der Waals surface area contributed by atoms with Crippen LogP contribution in [0.4, 0.5) is 10.2 Å². The summed E-state index contributed by atoms with van der Waals surface area (Å²) in [7, 11) is 0. The Hall–Kier alpha value is -1.65. The van der Waals surface area contributed by atoms with Crippen molar-refractivity contribution in [3.63, 3.8) is 0 Å².